The lowest BCUT2D eigenvalue weighted by Gasteiger charge is -2.18. The molecule has 0 saturated carbocycles. The molecule has 44 heavy (non-hydrogen) atoms. The van der Waals surface area contributed by atoms with Crippen LogP contribution in [0.15, 0.2) is 152 Å². The zero-order valence-electron chi connectivity index (χ0n) is 24.4. The van der Waals surface area contributed by atoms with Gasteiger partial charge in [-0.3, -0.25) is 0 Å². The highest BCUT2D eigenvalue weighted by molar-refractivity contribution is 5.85. The summed E-state index contributed by atoms with van der Waals surface area (Å²) < 4.78 is 0. The van der Waals surface area contributed by atoms with Crippen LogP contribution in [0.4, 0.5) is 11.4 Å². The molecule has 0 radical (unpaired) electrons. The molecule has 1 heterocycles. The van der Waals surface area contributed by atoms with Gasteiger partial charge in [-0.05, 0) is 70.1 Å². The van der Waals surface area contributed by atoms with Crippen LogP contribution in [-0.2, 0) is 0 Å². The Morgan fingerprint density at radius 3 is 1.98 bits per heavy atom. The van der Waals surface area contributed by atoms with E-state index in [4.69, 9.17) is 0 Å². The van der Waals surface area contributed by atoms with Gasteiger partial charge in [-0.15, -0.1) is 0 Å². The van der Waals surface area contributed by atoms with Gasteiger partial charge in [0, 0.05) is 44.3 Å². The summed E-state index contributed by atoms with van der Waals surface area (Å²) in [5.74, 6) is 0.326. The summed E-state index contributed by atoms with van der Waals surface area (Å²) in [5, 5.41) is 7.66. The molecule has 1 aliphatic carbocycles. The summed E-state index contributed by atoms with van der Waals surface area (Å²) in [4.78, 5) is 3.63. The van der Waals surface area contributed by atoms with E-state index in [-0.39, 0.29) is 0 Å². The van der Waals surface area contributed by atoms with Crippen molar-refractivity contribution in [3.05, 3.63) is 168 Å². The SMILES string of the molecule is C1=c2[nH]c3ccccc3c2=CCC1c1cccc(-c2ccccc2Nc2cc(-c3ccccc3)cc(-c3ccccc3)c2)c1. The molecule has 6 aromatic carbocycles. The quantitative estimate of drug-likeness (QED) is 0.207. The van der Waals surface area contributed by atoms with Crippen molar-refractivity contribution in [3.8, 4) is 33.4 Å². The van der Waals surface area contributed by atoms with E-state index in [1.807, 2.05) is 0 Å². The molecule has 2 N–H and O–H groups in total. The molecule has 0 bridgehead atoms. The van der Waals surface area contributed by atoms with Gasteiger partial charge in [0.05, 0.1) is 0 Å². The lowest BCUT2D eigenvalue weighted by molar-refractivity contribution is 0.918. The lowest BCUT2D eigenvalue weighted by atomic mass is 9.89. The van der Waals surface area contributed by atoms with Crippen molar-refractivity contribution < 1.29 is 0 Å². The van der Waals surface area contributed by atoms with E-state index in [1.54, 1.807) is 0 Å². The average molecular weight is 565 g/mol. The van der Waals surface area contributed by atoms with Crippen LogP contribution in [-0.4, -0.2) is 4.98 Å². The van der Waals surface area contributed by atoms with Crippen LogP contribution >= 0.6 is 0 Å². The van der Waals surface area contributed by atoms with Crippen molar-refractivity contribution in [3.63, 3.8) is 0 Å². The van der Waals surface area contributed by atoms with Crippen LogP contribution in [0.1, 0.15) is 17.9 Å². The van der Waals surface area contributed by atoms with E-state index in [2.05, 4.69) is 174 Å². The van der Waals surface area contributed by atoms with Crippen LogP contribution in [0.5, 0.6) is 0 Å². The number of hydrogen-bond donors (Lipinski definition) is 2. The van der Waals surface area contributed by atoms with Crippen LogP contribution in [0.3, 0.4) is 0 Å². The molecule has 8 rings (SSSR count). The Morgan fingerprint density at radius 1 is 0.545 bits per heavy atom. The number of aromatic nitrogens is 1. The highest BCUT2D eigenvalue weighted by Crippen LogP contribution is 2.36. The zero-order chi connectivity index (χ0) is 29.3. The van der Waals surface area contributed by atoms with Crippen LogP contribution in [0, 0.1) is 0 Å². The highest BCUT2D eigenvalue weighted by Gasteiger charge is 2.15. The maximum atomic E-state index is 3.80. The smallest absolute Gasteiger partial charge is 0.0464 e. The number of benzene rings is 6. The molecule has 2 heteroatoms. The number of H-pyrrole nitrogens is 1. The van der Waals surface area contributed by atoms with Crippen molar-refractivity contribution in [2.45, 2.75) is 12.3 Å². The summed E-state index contributed by atoms with van der Waals surface area (Å²) in [5.41, 5.74) is 11.9. The second kappa shape index (κ2) is 11.2. The third kappa shape index (κ3) is 5.01. The Bertz CT molecular complexity index is 2170. The summed E-state index contributed by atoms with van der Waals surface area (Å²) >= 11 is 0. The van der Waals surface area contributed by atoms with Gasteiger partial charge in [0.25, 0.3) is 0 Å². The van der Waals surface area contributed by atoms with Crippen LogP contribution in [0.25, 0.3) is 56.4 Å². The average Bonchev–Trinajstić information content (AvgIpc) is 3.47. The number of aromatic amines is 1. The molecule has 1 unspecified atom stereocenters. The first kappa shape index (κ1) is 26.1. The summed E-state index contributed by atoms with van der Waals surface area (Å²) in [6.07, 6.45) is 5.79. The second-order valence-corrected chi connectivity index (χ2v) is 11.5. The first-order chi connectivity index (χ1) is 21.8. The van der Waals surface area contributed by atoms with Gasteiger partial charge >= 0.3 is 0 Å². The summed E-state index contributed by atoms with van der Waals surface area (Å²) in [6.45, 7) is 0. The first-order valence-electron chi connectivity index (χ1n) is 15.3. The maximum absolute atomic E-state index is 3.80. The van der Waals surface area contributed by atoms with E-state index in [9.17, 15) is 0 Å². The van der Waals surface area contributed by atoms with Crippen LogP contribution < -0.4 is 15.9 Å². The number of para-hydroxylation sites is 2. The number of hydrogen-bond acceptors (Lipinski definition) is 1. The van der Waals surface area contributed by atoms with Gasteiger partial charge in [-0.2, -0.15) is 0 Å². The van der Waals surface area contributed by atoms with E-state index in [0.717, 1.165) is 17.8 Å². The van der Waals surface area contributed by atoms with E-state index in [1.165, 1.54) is 60.4 Å². The summed E-state index contributed by atoms with van der Waals surface area (Å²) in [7, 11) is 0. The topological polar surface area (TPSA) is 27.8 Å². The van der Waals surface area contributed by atoms with Crippen molar-refractivity contribution in [2.75, 3.05) is 5.32 Å². The lowest BCUT2D eigenvalue weighted by Crippen LogP contribution is -2.27. The molecule has 210 valence electrons. The number of anilines is 2. The standard InChI is InChI=1S/C42H32N2/c1-3-12-29(13-4-1)34-25-35(30-14-5-2-6-15-30)27-36(26-34)43-40-20-9-7-18-37(40)33-17-11-16-31(24-33)32-22-23-39-38-19-8-10-21-41(38)44-42(39)28-32/h1-21,23-28,32,43-44H,22H2. The highest BCUT2D eigenvalue weighted by atomic mass is 14.9. The molecule has 0 saturated heterocycles. The molecule has 1 atom stereocenters. The number of fused-ring (bicyclic) bond motifs is 3. The summed E-state index contributed by atoms with van der Waals surface area (Å²) in [6, 6.07) is 54.2. The molecule has 0 spiro atoms. The third-order valence-electron chi connectivity index (χ3n) is 8.70. The number of nitrogens with one attached hydrogen (secondary N) is 2. The fraction of sp³-hybridized carbons (Fsp3) is 0.0476. The molecule has 0 amide bonds. The molecular weight excluding hydrogens is 532 g/mol. The van der Waals surface area contributed by atoms with Crippen LogP contribution in [0.2, 0.25) is 0 Å². The Labute approximate surface area is 257 Å². The Balaban J connectivity index is 1.16. The fourth-order valence-electron chi connectivity index (χ4n) is 6.51. The Morgan fingerprint density at radius 2 is 1.20 bits per heavy atom. The minimum atomic E-state index is 0.326. The van der Waals surface area contributed by atoms with E-state index < -0.39 is 0 Å². The van der Waals surface area contributed by atoms with Gasteiger partial charge in [0.2, 0.25) is 0 Å². The third-order valence-corrected chi connectivity index (χ3v) is 8.70. The minimum absolute atomic E-state index is 0.326. The first-order valence-corrected chi connectivity index (χ1v) is 15.3. The molecule has 1 aromatic heterocycles. The van der Waals surface area contributed by atoms with Gasteiger partial charge in [-0.25, -0.2) is 0 Å². The normalized spacial score (nSPS) is 14.0. The van der Waals surface area contributed by atoms with E-state index in [0.29, 0.717) is 5.92 Å². The molecule has 1 aliphatic rings. The second-order valence-electron chi connectivity index (χ2n) is 11.5. The zero-order valence-corrected chi connectivity index (χ0v) is 24.4. The van der Waals surface area contributed by atoms with Gasteiger partial charge in [-0.1, -0.05) is 133 Å². The predicted octanol–water partition coefficient (Wildman–Crippen LogP) is 9.66. The van der Waals surface area contributed by atoms with Gasteiger partial charge < -0.3 is 10.3 Å². The molecule has 0 fully saturated rings. The maximum Gasteiger partial charge on any atom is 0.0464 e. The Kier molecular flexibility index (Phi) is 6.66. The fourth-order valence-corrected chi connectivity index (χ4v) is 6.51. The van der Waals surface area contributed by atoms with Crippen molar-refractivity contribution in [1.29, 1.82) is 0 Å². The van der Waals surface area contributed by atoms with E-state index >= 15 is 0 Å². The van der Waals surface area contributed by atoms with Gasteiger partial charge in [0.1, 0.15) is 0 Å². The van der Waals surface area contributed by atoms with Gasteiger partial charge in [0.15, 0.2) is 0 Å². The molecular formula is C42H32N2. The largest absolute Gasteiger partial charge is 0.355 e. The molecule has 7 aromatic rings. The number of rotatable bonds is 6. The predicted molar refractivity (Wildman–Crippen MR) is 186 cm³/mol. The Hall–Kier alpha value is -5.60. The molecule has 0 aliphatic heterocycles. The van der Waals surface area contributed by atoms with Crippen molar-refractivity contribution >= 4 is 34.4 Å². The molecule has 2 nitrogen and oxygen atoms in total. The monoisotopic (exact) mass is 564 g/mol. The van der Waals surface area contributed by atoms with Crippen molar-refractivity contribution in [1.82, 2.24) is 4.98 Å². The minimum Gasteiger partial charge on any atom is -0.355 e. The van der Waals surface area contributed by atoms with Crippen molar-refractivity contribution in [2.24, 2.45) is 0 Å².